The number of amides is 1. The predicted molar refractivity (Wildman–Crippen MR) is 118 cm³/mol. The Balaban J connectivity index is 1.40. The highest BCUT2D eigenvalue weighted by Gasteiger charge is 2.23. The molecule has 0 bridgehead atoms. The van der Waals surface area contributed by atoms with Crippen LogP contribution in [0.2, 0.25) is 0 Å². The molecular weight excluding hydrogens is 379 g/mol. The molecule has 0 aromatic heterocycles. The summed E-state index contributed by atoms with van der Waals surface area (Å²) in [5, 5.41) is 10.8. The van der Waals surface area contributed by atoms with E-state index >= 15 is 0 Å². The molecule has 30 heavy (non-hydrogen) atoms. The zero-order valence-corrected chi connectivity index (χ0v) is 17.5. The maximum absolute atomic E-state index is 13.1. The maximum atomic E-state index is 13.1. The highest BCUT2D eigenvalue weighted by molar-refractivity contribution is 5.94. The average Bonchev–Trinajstić information content (AvgIpc) is 2.79. The van der Waals surface area contributed by atoms with E-state index in [1.807, 2.05) is 36.1 Å². The fourth-order valence-electron chi connectivity index (χ4n) is 4.43. The standard InChI is InChI=1S/C25H29FN2O2/c1-2-25(30)28-13-3-4-20-16-21(7-10-23(20)28)24(29)17-27-14-11-19(12-15-27)18-5-8-22(26)9-6-18/h5-11,16,24,29H,2-4,12-15,17H2,1H3/t24-/m1/s1. The summed E-state index contributed by atoms with van der Waals surface area (Å²) in [7, 11) is 0. The lowest BCUT2D eigenvalue weighted by Gasteiger charge is -2.31. The quantitative estimate of drug-likeness (QED) is 0.801. The molecule has 158 valence electrons. The van der Waals surface area contributed by atoms with Crippen molar-refractivity contribution in [2.45, 2.75) is 38.7 Å². The summed E-state index contributed by atoms with van der Waals surface area (Å²) >= 11 is 0. The number of rotatable bonds is 5. The van der Waals surface area contributed by atoms with Crippen LogP contribution in [0, 0.1) is 5.82 Å². The van der Waals surface area contributed by atoms with Gasteiger partial charge in [-0.3, -0.25) is 9.69 Å². The molecule has 0 saturated carbocycles. The number of carbonyl (C=O) groups is 1. The third-order valence-corrected chi connectivity index (χ3v) is 6.15. The van der Waals surface area contributed by atoms with E-state index in [-0.39, 0.29) is 11.7 Å². The molecule has 1 atom stereocenters. The molecule has 4 rings (SSSR count). The van der Waals surface area contributed by atoms with Gasteiger partial charge in [0.1, 0.15) is 5.82 Å². The van der Waals surface area contributed by atoms with Gasteiger partial charge in [-0.05, 0) is 59.7 Å². The predicted octanol–water partition coefficient (Wildman–Crippen LogP) is 4.34. The van der Waals surface area contributed by atoms with Crippen LogP contribution in [0.25, 0.3) is 5.57 Å². The van der Waals surface area contributed by atoms with Gasteiger partial charge >= 0.3 is 0 Å². The molecule has 0 fully saturated rings. The second-order valence-corrected chi connectivity index (χ2v) is 8.15. The second-order valence-electron chi connectivity index (χ2n) is 8.15. The first-order valence-corrected chi connectivity index (χ1v) is 10.8. The molecule has 0 unspecified atom stereocenters. The summed E-state index contributed by atoms with van der Waals surface area (Å²) < 4.78 is 13.1. The molecule has 2 aromatic carbocycles. The molecule has 0 spiro atoms. The van der Waals surface area contributed by atoms with Crippen LogP contribution < -0.4 is 4.90 Å². The molecule has 2 heterocycles. The summed E-state index contributed by atoms with van der Waals surface area (Å²) in [6, 6.07) is 12.7. The highest BCUT2D eigenvalue weighted by Crippen LogP contribution is 2.31. The van der Waals surface area contributed by atoms with Gasteiger partial charge in [-0.25, -0.2) is 4.39 Å². The summed E-state index contributed by atoms with van der Waals surface area (Å²) in [4.78, 5) is 16.3. The Bertz CT molecular complexity index is 939. The first-order chi connectivity index (χ1) is 14.5. The van der Waals surface area contributed by atoms with Crippen LogP contribution in [0.3, 0.4) is 0 Å². The first-order valence-electron chi connectivity index (χ1n) is 10.8. The lowest BCUT2D eigenvalue weighted by molar-refractivity contribution is -0.118. The van der Waals surface area contributed by atoms with Crippen molar-refractivity contribution in [2.24, 2.45) is 0 Å². The first kappa shape index (κ1) is 20.8. The summed E-state index contributed by atoms with van der Waals surface area (Å²) in [6.45, 7) is 4.88. The van der Waals surface area contributed by atoms with Gasteiger partial charge in [-0.2, -0.15) is 0 Å². The van der Waals surface area contributed by atoms with E-state index < -0.39 is 6.10 Å². The number of benzene rings is 2. The van der Waals surface area contributed by atoms with Crippen LogP contribution in [0.15, 0.2) is 48.5 Å². The van der Waals surface area contributed by atoms with Gasteiger partial charge in [-0.1, -0.05) is 37.3 Å². The van der Waals surface area contributed by atoms with Gasteiger partial charge in [-0.15, -0.1) is 0 Å². The third kappa shape index (κ3) is 4.47. The molecule has 2 aliphatic heterocycles. The van der Waals surface area contributed by atoms with E-state index in [1.54, 1.807) is 0 Å². The van der Waals surface area contributed by atoms with Crippen LogP contribution in [0.4, 0.5) is 10.1 Å². The van der Waals surface area contributed by atoms with Crippen LogP contribution in [0.1, 0.15) is 49.0 Å². The molecule has 4 nitrogen and oxygen atoms in total. The Hall–Kier alpha value is -2.50. The number of β-amino-alcohol motifs (C(OH)–C–C–N with tert-alkyl or cyclic N) is 1. The van der Waals surface area contributed by atoms with Crippen molar-refractivity contribution in [1.29, 1.82) is 0 Å². The molecule has 0 radical (unpaired) electrons. The minimum absolute atomic E-state index is 0.154. The Kier molecular flexibility index (Phi) is 6.30. The van der Waals surface area contributed by atoms with Crippen molar-refractivity contribution in [3.05, 3.63) is 71.0 Å². The third-order valence-electron chi connectivity index (χ3n) is 6.15. The lowest BCUT2D eigenvalue weighted by atomic mass is 9.96. The number of aryl methyl sites for hydroxylation is 1. The van der Waals surface area contributed by atoms with Crippen molar-refractivity contribution in [3.63, 3.8) is 0 Å². The number of aliphatic hydroxyl groups is 1. The fraction of sp³-hybridized carbons (Fsp3) is 0.400. The average molecular weight is 409 g/mol. The zero-order valence-electron chi connectivity index (χ0n) is 17.5. The normalized spacial score (nSPS) is 18.0. The van der Waals surface area contributed by atoms with E-state index in [0.29, 0.717) is 13.0 Å². The lowest BCUT2D eigenvalue weighted by Crippen LogP contribution is -2.35. The SMILES string of the molecule is CCC(=O)N1CCCc2cc([C@H](O)CN3CC=C(c4ccc(F)cc4)CC3)ccc21. The highest BCUT2D eigenvalue weighted by atomic mass is 19.1. The number of anilines is 1. The smallest absolute Gasteiger partial charge is 0.226 e. The van der Waals surface area contributed by atoms with Gasteiger partial charge in [0.25, 0.3) is 0 Å². The number of hydrogen-bond acceptors (Lipinski definition) is 3. The van der Waals surface area contributed by atoms with Gasteiger partial charge in [0, 0.05) is 38.3 Å². The molecule has 5 heteroatoms. The minimum atomic E-state index is -0.562. The van der Waals surface area contributed by atoms with Gasteiger partial charge in [0.2, 0.25) is 5.91 Å². The number of hydrogen-bond donors (Lipinski definition) is 1. The van der Waals surface area contributed by atoms with Crippen molar-refractivity contribution in [1.82, 2.24) is 4.90 Å². The Morgan fingerprint density at radius 2 is 1.93 bits per heavy atom. The van der Waals surface area contributed by atoms with Crippen molar-refractivity contribution in [3.8, 4) is 0 Å². The molecule has 2 aliphatic rings. The van der Waals surface area contributed by atoms with Gasteiger partial charge < -0.3 is 10.0 Å². The van der Waals surface area contributed by atoms with Crippen molar-refractivity contribution < 1.29 is 14.3 Å². The van der Waals surface area contributed by atoms with Crippen LogP contribution in [-0.2, 0) is 11.2 Å². The molecule has 1 amide bonds. The Morgan fingerprint density at radius 1 is 1.13 bits per heavy atom. The van der Waals surface area contributed by atoms with Gasteiger partial charge in [0.15, 0.2) is 0 Å². The molecular formula is C25H29FN2O2. The zero-order chi connectivity index (χ0) is 21.1. The van der Waals surface area contributed by atoms with Crippen LogP contribution in [0.5, 0.6) is 0 Å². The Labute approximate surface area is 177 Å². The largest absolute Gasteiger partial charge is 0.387 e. The van der Waals surface area contributed by atoms with Crippen molar-refractivity contribution in [2.75, 3.05) is 31.1 Å². The molecule has 0 saturated heterocycles. The van der Waals surface area contributed by atoms with E-state index in [4.69, 9.17) is 0 Å². The summed E-state index contributed by atoms with van der Waals surface area (Å²) in [5.74, 6) is -0.0616. The van der Waals surface area contributed by atoms with Crippen molar-refractivity contribution >= 4 is 17.2 Å². The van der Waals surface area contributed by atoms with Gasteiger partial charge in [0.05, 0.1) is 6.10 Å². The summed E-state index contributed by atoms with van der Waals surface area (Å²) in [6.07, 6.45) is 4.90. The number of aliphatic hydroxyl groups excluding tert-OH is 1. The molecule has 0 aliphatic carbocycles. The molecule has 1 N–H and O–H groups in total. The van der Waals surface area contributed by atoms with E-state index in [0.717, 1.165) is 61.3 Å². The number of fused-ring (bicyclic) bond motifs is 1. The monoisotopic (exact) mass is 408 g/mol. The van der Waals surface area contributed by atoms with Crippen LogP contribution >= 0.6 is 0 Å². The van der Waals surface area contributed by atoms with E-state index in [2.05, 4.69) is 17.0 Å². The number of carbonyl (C=O) groups excluding carboxylic acids is 1. The van der Waals surface area contributed by atoms with E-state index in [1.165, 1.54) is 17.7 Å². The Morgan fingerprint density at radius 3 is 2.63 bits per heavy atom. The number of halogens is 1. The van der Waals surface area contributed by atoms with Crippen LogP contribution in [-0.4, -0.2) is 42.1 Å². The maximum Gasteiger partial charge on any atom is 0.226 e. The topological polar surface area (TPSA) is 43.8 Å². The fourth-order valence-corrected chi connectivity index (χ4v) is 4.43. The molecule has 2 aromatic rings. The minimum Gasteiger partial charge on any atom is -0.387 e. The second kappa shape index (κ2) is 9.11. The van der Waals surface area contributed by atoms with E-state index in [9.17, 15) is 14.3 Å². The summed E-state index contributed by atoms with van der Waals surface area (Å²) in [5.41, 5.74) is 5.35. The number of nitrogens with zero attached hydrogens (tertiary/aromatic N) is 2.